The molecule has 1 N–H and O–H groups in total. The Hall–Kier alpha value is -3.22. The van der Waals surface area contributed by atoms with Gasteiger partial charge in [-0.3, -0.25) is 0 Å². The summed E-state index contributed by atoms with van der Waals surface area (Å²) in [5.74, 6) is 1.21. The second-order valence-corrected chi connectivity index (χ2v) is 13.9. The Morgan fingerprint density at radius 3 is 2.54 bits per heavy atom. The van der Waals surface area contributed by atoms with Crippen molar-refractivity contribution in [1.82, 2.24) is 9.88 Å². The number of sulfonamides is 1. The van der Waals surface area contributed by atoms with Gasteiger partial charge in [-0.15, -0.1) is 11.3 Å². The largest absolute Gasteiger partial charge is 0.497 e. The SMILES string of the molecule is COc1ccc(CN(c2nccs2)S(=O)(=O)c2ccc(N[C@H]3CN(C(=O)OC(C)(C)C)C[C@H]3C)c(Cl)c2)c(OC)c1. The van der Waals surface area contributed by atoms with Crippen molar-refractivity contribution in [2.75, 3.05) is 36.9 Å². The van der Waals surface area contributed by atoms with Crippen molar-refractivity contribution in [2.45, 2.75) is 50.8 Å². The molecule has 0 radical (unpaired) electrons. The van der Waals surface area contributed by atoms with Gasteiger partial charge in [-0.25, -0.2) is 22.5 Å². The quantitative estimate of drug-likeness (QED) is 0.315. The van der Waals surface area contributed by atoms with Crippen LogP contribution >= 0.6 is 22.9 Å². The molecule has 0 bridgehead atoms. The maximum atomic E-state index is 13.9. The standard InChI is InChI=1S/C28H35ClN4O6S2/c1-18-15-32(27(34)39-28(2,3)4)17-24(18)31-23-10-9-21(14-22(23)29)41(35,36)33(26-30-11-12-40-26)16-19-7-8-20(37-5)13-25(19)38-6/h7-14,18,24,31H,15-17H2,1-6H3/t18-,24+/m1/s1. The van der Waals surface area contributed by atoms with Gasteiger partial charge in [-0.1, -0.05) is 18.5 Å². The molecule has 0 aliphatic carbocycles. The first-order valence-electron chi connectivity index (χ1n) is 13.0. The zero-order valence-corrected chi connectivity index (χ0v) is 26.3. The van der Waals surface area contributed by atoms with Crippen LogP contribution in [0.15, 0.2) is 52.9 Å². The topological polar surface area (TPSA) is 110 Å². The van der Waals surface area contributed by atoms with Crippen molar-refractivity contribution in [3.63, 3.8) is 0 Å². The van der Waals surface area contributed by atoms with Crippen molar-refractivity contribution in [2.24, 2.45) is 5.92 Å². The third kappa shape index (κ3) is 7.17. The van der Waals surface area contributed by atoms with Gasteiger partial charge in [-0.2, -0.15) is 0 Å². The van der Waals surface area contributed by atoms with Crippen LogP contribution in [0.1, 0.15) is 33.3 Å². The Labute approximate surface area is 250 Å². The maximum Gasteiger partial charge on any atom is 0.410 e. The van der Waals surface area contributed by atoms with Crippen LogP contribution in [0.25, 0.3) is 0 Å². The number of hydrogen-bond acceptors (Lipinski definition) is 9. The van der Waals surface area contributed by atoms with Crippen LogP contribution in [0, 0.1) is 5.92 Å². The number of thiazole rings is 1. The molecule has 0 saturated carbocycles. The first-order valence-corrected chi connectivity index (χ1v) is 15.7. The molecule has 41 heavy (non-hydrogen) atoms. The summed E-state index contributed by atoms with van der Waals surface area (Å²) in [6.07, 6.45) is 1.19. The summed E-state index contributed by atoms with van der Waals surface area (Å²) in [6, 6.07) is 9.71. The van der Waals surface area contributed by atoms with Crippen LogP contribution in [0.5, 0.6) is 11.5 Å². The summed E-state index contributed by atoms with van der Waals surface area (Å²) in [4.78, 5) is 18.5. The molecule has 1 aliphatic rings. The van der Waals surface area contributed by atoms with E-state index in [1.807, 2.05) is 27.7 Å². The molecule has 1 aliphatic heterocycles. The van der Waals surface area contributed by atoms with E-state index in [1.165, 1.54) is 34.9 Å². The normalized spacial score (nSPS) is 17.3. The van der Waals surface area contributed by atoms with Gasteiger partial charge in [0.25, 0.3) is 10.0 Å². The molecule has 13 heteroatoms. The average molecular weight is 623 g/mol. The Balaban J connectivity index is 1.56. The number of carbonyl (C=O) groups excluding carboxylic acids is 1. The van der Waals surface area contributed by atoms with Gasteiger partial charge < -0.3 is 24.4 Å². The molecule has 0 unspecified atom stereocenters. The molecular weight excluding hydrogens is 588 g/mol. The van der Waals surface area contributed by atoms with Gasteiger partial charge in [0, 0.05) is 42.3 Å². The second-order valence-electron chi connectivity index (χ2n) is 10.8. The lowest BCUT2D eigenvalue weighted by atomic mass is 10.1. The van der Waals surface area contributed by atoms with Gasteiger partial charge in [0.2, 0.25) is 0 Å². The van der Waals surface area contributed by atoms with Crippen LogP contribution in [0.3, 0.4) is 0 Å². The van der Waals surface area contributed by atoms with Gasteiger partial charge in [0.05, 0.1) is 36.4 Å². The maximum absolute atomic E-state index is 13.9. The molecule has 2 atom stereocenters. The molecule has 222 valence electrons. The van der Waals surface area contributed by atoms with Gasteiger partial charge in [0.15, 0.2) is 5.13 Å². The van der Waals surface area contributed by atoms with Gasteiger partial charge >= 0.3 is 6.09 Å². The van der Waals surface area contributed by atoms with Gasteiger partial charge in [0.1, 0.15) is 17.1 Å². The predicted octanol–water partition coefficient (Wildman–Crippen LogP) is 5.88. The molecular formula is C28H35ClN4O6S2. The molecule has 10 nitrogen and oxygen atoms in total. The lowest BCUT2D eigenvalue weighted by molar-refractivity contribution is 0.0288. The number of aromatic nitrogens is 1. The molecule has 4 rings (SSSR count). The third-order valence-electron chi connectivity index (χ3n) is 6.57. The monoisotopic (exact) mass is 622 g/mol. The zero-order chi connectivity index (χ0) is 29.9. The lowest BCUT2D eigenvalue weighted by Crippen LogP contribution is -2.36. The highest BCUT2D eigenvalue weighted by Crippen LogP contribution is 2.35. The van der Waals surface area contributed by atoms with E-state index in [0.29, 0.717) is 41.0 Å². The van der Waals surface area contributed by atoms with Crippen LogP contribution in [-0.4, -0.2) is 63.3 Å². The summed E-state index contributed by atoms with van der Waals surface area (Å²) in [5, 5.41) is 5.65. The number of likely N-dealkylation sites (tertiary alicyclic amines) is 1. The number of nitrogens with zero attached hydrogens (tertiary/aromatic N) is 3. The number of ether oxygens (including phenoxy) is 3. The average Bonchev–Trinajstić information content (AvgIpc) is 3.57. The van der Waals surface area contributed by atoms with E-state index in [9.17, 15) is 13.2 Å². The number of benzene rings is 2. The molecule has 1 saturated heterocycles. The molecule has 1 aromatic heterocycles. The predicted molar refractivity (Wildman–Crippen MR) is 161 cm³/mol. The third-order valence-corrected chi connectivity index (χ3v) is 9.53. The Bertz CT molecular complexity index is 1480. The molecule has 2 heterocycles. The highest BCUT2D eigenvalue weighted by Gasteiger charge is 2.35. The van der Waals surface area contributed by atoms with E-state index < -0.39 is 15.6 Å². The fourth-order valence-corrected chi connectivity index (χ4v) is 7.06. The summed E-state index contributed by atoms with van der Waals surface area (Å²) >= 11 is 7.83. The number of rotatable bonds is 9. The van der Waals surface area contributed by atoms with E-state index in [4.69, 9.17) is 25.8 Å². The number of methoxy groups -OCH3 is 2. The number of anilines is 2. The smallest absolute Gasteiger partial charge is 0.410 e. The molecule has 3 aromatic rings. The molecule has 0 spiro atoms. The number of hydrogen-bond donors (Lipinski definition) is 1. The number of amides is 1. The van der Waals surface area contributed by atoms with Gasteiger partial charge in [-0.05, 0) is 57.0 Å². The zero-order valence-electron chi connectivity index (χ0n) is 23.9. The highest BCUT2D eigenvalue weighted by atomic mass is 35.5. The van der Waals surface area contributed by atoms with Crippen LogP contribution < -0.4 is 19.1 Å². The van der Waals surface area contributed by atoms with E-state index >= 15 is 0 Å². The summed E-state index contributed by atoms with van der Waals surface area (Å²) in [5.41, 5.74) is 0.633. The summed E-state index contributed by atoms with van der Waals surface area (Å²) in [6.45, 7) is 8.49. The second kappa shape index (κ2) is 12.3. The molecule has 1 amide bonds. The highest BCUT2D eigenvalue weighted by molar-refractivity contribution is 7.93. The van der Waals surface area contributed by atoms with E-state index in [-0.39, 0.29) is 34.5 Å². The van der Waals surface area contributed by atoms with E-state index in [2.05, 4.69) is 10.3 Å². The van der Waals surface area contributed by atoms with Crippen molar-refractivity contribution in [3.05, 3.63) is 58.6 Å². The van der Waals surface area contributed by atoms with Crippen molar-refractivity contribution in [1.29, 1.82) is 0 Å². The first-order chi connectivity index (χ1) is 19.3. The molecule has 2 aromatic carbocycles. The van der Waals surface area contributed by atoms with Crippen molar-refractivity contribution < 1.29 is 27.4 Å². The minimum absolute atomic E-state index is 0.0132. The van der Waals surface area contributed by atoms with Crippen molar-refractivity contribution in [3.8, 4) is 11.5 Å². The van der Waals surface area contributed by atoms with Crippen LogP contribution in [0.2, 0.25) is 5.02 Å². The van der Waals surface area contributed by atoms with E-state index in [0.717, 1.165) is 0 Å². The molecule has 1 fully saturated rings. The summed E-state index contributed by atoms with van der Waals surface area (Å²) < 4.78 is 45.4. The van der Waals surface area contributed by atoms with Crippen LogP contribution in [0.4, 0.5) is 15.6 Å². The Morgan fingerprint density at radius 2 is 1.93 bits per heavy atom. The Kier molecular flexibility index (Phi) is 9.25. The fourth-order valence-electron chi connectivity index (χ4n) is 4.46. The lowest BCUT2D eigenvalue weighted by Gasteiger charge is -2.25. The number of nitrogens with one attached hydrogen (secondary N) is 1. The minimum Gasteiger partial charge on any atom is -0.497 e. The minimum atomic E-state index is -4.06. The fraction of sp³-hybridized carbons (Fsp3) is 0.429. The number of halogens is 1. The van der Waals surface area contributed by atoms with Crippen molar-refractivity contribution >= 4 is 49.9 Å². The summed E-state index contributed by atoms with van der Waals surface area (Å²) in [7, 11) is -0.998. The number of carbonyl (C=O) groups is 1. The first kappa shape index (κ1) is 30.7. The van der Waals surface area contributed by atoms with E-state index in [1.54, 1.807) is 47.9 Å². The Morgan fingerprint density at radius 1 is 1.17 bits per heavy atom. The van der Waals surface area contributed by atoms with Crippen LogP contribution in [-0.2, 0) is 21.3 Å².